The maximum Gasteiger partial charge on any atom is 0.129 e. The van der Waals surface area contributed by atoms with Gasteiger partial charge in [-0.15, -0.1) is 0 Å². The monoisotopic (exact) mass is 219 g/mol. The number of hydrogen-bond donors (Lipinski definition) is 1. The van der Waals surface area contributed by atoms with Gasteiger partial charge in [0, 0.05) is 17.8 Å². The molecule has 2 unspecified atom stereocenters. The normalized spacial score (nSPS) is 23.1. The van der Waals surface area contributed by atoms with E-state index in [2.05, 4.69) is 35.2 Å². The van der Waals surface area contributed by atoms with E-state index >= 15 is 0 Å². The van der Waals surface area contributed by atoms with Gasteiger partial charge in [-0.05, 0) is 25.2 Å². The number of aromatic nitrogens is 2. The summed E-state index contributed by atoms with van der Waals surface area (Å²) in [5.41, 5.74) is 1.15. The van der Waals surface area contributed by atoms with E-state index in [1.165, 1.54) is 19.3 Å². The van der Waals surface area contributed by atoms with Gasteiger partial charge in [-0.2, -0.15) is 0 Å². The molecule has 3 nitrogen and oxygen atoms in total. The smallest absolute Gasteiger partial charge is 0.129 e. The van der Waals surface area contributed by atoms with Crippen LogP contribution in [0, 0.1) is 5.92 Å². The first-order valence-electron chi connectivity index (χ1n) is 6.41. The molecule has 1 aliphatic rings. The molecule has 1 aromatic rings. The maximum absolute atomic E-state index is 4.27. The Balaban J connectivity index is 1.87. The van der Waals surface area contributed by atoms with E-state index in [9.17, 15) is 0 Å². The van der Waals surface area contributed by atoms with Crippen molar-refractivity contribution in [3.8, 4) is 0 Å². The number of anilines is 1. The molecule has 0 radical (unpaired) electrons. The molecule has 0 spiro atoms. The van der Waals surface area contributed by atoms with Crippen LogP contribution >= 0.6 is 0 Å². The van der Waals surface area contributed by atoms with Crippen molar-refractivity contribution in [1.29, 1.82) is 0 Å². The van der Waals surface area contributed by atoms with Crippen molar-refractivity contribution in [1.82, 2.24) is 9.97 Å². The zero-order valence-electron chi connectivity index (χ0n) is 10.2. The molecular formula is C13H21N3. The molecule has 0 aromatic carbocycles. The van der Waals surface area contributed by atoms with Crippen molar-refractivity contribution < 1.29 is 0 Å². The maximum atomic E-state index is 4.27. The number of nitrogens with zero attached hydrogens (tertiary/aromatic N) is 2. The summed E-state index contributed by atoms with van der Waals surface area (Å²) in [5, 5.41) is 3.50. The zero-order chi connectivity index (χ0) is 11.4. The highest BCUT2D eigenvalue weighted by molar-refractivity contribution is 5.38. The summed E-state index contributed by atoms with van der Waals surface area (Å²) in [4.78, 5) is 8.54. The SMILES string of the molecule is CCCc1cc(NC2CC2CCC)ncn1. The molecule has 2 atom stereocenters. The van der Waals surface area contributed by atoms with Crippen molar-refractivity contribution in [2.75, 3.05) is 5.32 Å². The molecule has 1 saturated carbocycles. The van der Waals surface area contributed by atoms with Crippen molar-refractivity contribution in [3.63, 3.8) is 0 Å². The molecule has 1 N–H and O–H groups in total. The highest BCUT2D eigenvalue weighted by atomic mass is 15.1. The summed E-state index contributed by atoms with van der Waals surface area (Å²) in [6.45, 7) is 4.42. The van der Waals surface area contributed by atoms with Crippen LogP contribution < -0.4 is 5.32 Å². The minimum Gasteiger partial charge on any atom is -0.367 e. The van der Waals surface area contributed by atoms with Crippen LogP contribution in [-0.2, 0) is 6.42 Å². The summed E-state index contributed by atoms with van der Waals surface area (Å²) in [6.07, 6.45) is 7.78. The van der Waals surface area contributed by atoms with Gasteiger partial charge in [-0.25, -0.2) is 9.97 Å². The lowest BCUT2D eigenvalue weighted by molar-refractivity contribution is 0.692. The van der Waals surface area contributed by atoms with Gasteiger partial charge in [-0.3, -0.25) is 0 Å². The van der Waals surface area contributed by atoms with E-state index < -0.39 is 0 Å². The summed E-state index contributed by atoms with van der Waals surface area (Å²) < 4.78 is 0. The highest BCUT2D eigenvalue weighted by Gasteiger charge is 2.36. The van der Waals surface area contributed by atoms with Crippen LogP contribution in [0.15, 0.2) is 12.4 Å². The molecule has 1 heterocycles. The molecule has 1 aliphatic carbocycles. The minimum atomic E-state index is 0.657. The minimum absolute atomic E-state index is 0.657. The lowest BCUT2D eigenvalue weighted by atomic mass is 10.2. The zero-order valence-corrected chi connectivity index (χ0v) is 10.2. The summed E-state index contributed by atoms with van der Waals surface area (Å²) in [5.74, 6) is 1.87. The third-order valence-corrected chi connectivity index (χ3v) is 3.15. The summed E-state index contributed by atoms with van der Waals surface area (Å²) in [7, 11) is 0. The third-order valence-electron chi connectivity index (χ3n) is 3.15. The fraction of sp³-hybridized carbons (Fsp3) is 0.692. The second-order valence-corrected chi connectivity index (χ2v) is 4.68. The first kappa shape index (κ1) is 11.4. The second kappa shape index (κ2) is 5.28. The fourth-order valence-electron chi connectivity index (χ4n) is 2.17. The Bertz CT molecular complexity index is 338. The average Bonchev–Trinajstić information content (AvgIpc) is 2.98. The van der Waals surface area contributed by atoms with Gasteiger partial charge in [-0.1, -0.05) is 26.7 Å². The molecule has 3 heteroatoms. The van der Waals surface area contributed by atoms with Crippen molar-refractivity contribution >= 4 is 5.82 Å². The molecule has 88 valence electrons. The quantitative estimate of drug-likeness (QED) is 0.799. The lowest BCUT2D eigenvalue weighted by Gasteiger charge is -2.05. The van der Waals surface area contributed by atoms with Crippen LogP contribution in [0.3, 0.4) is 0 Å². The van der Waals surface area contributed by atoms with E-state index in [-0.39, 0.29) is 0 Å². The predicted octanol–water partition coefficient (Wildman–Crippen LogP) is 3.03. The van der Waals surface area contributed by atoms with Gasteiger partial charge >= 0.3 is 0 Å². The molecule has 1 fully saturated rings. The van der Waals surface area contributed by atoms with Crippen LogP contribution in [0.25, 0.3) is 0 Å². The summed E-state index contributed by atoms with van der Waals surface area (Å²) >= 11 is 0. The van der Waals surface area contributed by atoms with E-state index in [0.29, 0.717) is 6.04 Å². The Hall–Kier alpha value is -1.12. The fourth-order valence-corrected chi connectivity index (χ4v) is 2.17. The Morgan fingerprint density at radius 3 is 2.94 bits per heavy atom. The molecular weight excluding hydrogens is 198 g/mol. The molecule has 0 saturated heterocycles. The lowest BCUT2D eigenvalue weighted by Crippen LogP contribution is -2.07. The largest absolute Gasteiger partial charge is 0.367 e. The van der Waals surface area contributed by atoms with Gasteiger partial charge in [0.1, 0.15) is 12.1 Å². The molecule has 0 aliphatic heterocycles. The molecule has 0 bridgehead atoms. The molecule has 0 amide bonds. The van der Waals surface area contributed by atoms with Crippen LogP contribution in [0.2, 0.25) is 0 Å². The second-order valence-electron chi connectivity index (χ2n) is 4.68. The van der Waals surface area contributed by atoms with Crippen LogP contribution in [0.5, 0.6) is 0 Å². The number of nitrogens with one attached hydrogen (secondary N) is 1. The van der Waals surface area contributed by atoms with E-state index in [1.54, 1.807) is 6.33 Å². The number of aryl methyl sites for hydroxylation is 1. The van der Waals surface area contributed by atoms with Crippen molar-refractivity contribution in [3.05, 3.63) is 18.1 Å². The van der Waals surface area contributed by atoms with Crippen molar-refractivity contribution in [2.24, 2.45) is 5.92 Å². The topological polar surface area (TPSA) is 37.8 Å². The predicted molar refractivity (Wildman–Crippen MR) is 66.5 cm³/mol. The molecule has 16 heavy (non-hydrogen) atoms. The first-order chi connectivity index (χ1) is 7.83. The standard InChI is InChI=1S/C13H21N3/c1-3-5-10-7-12(10)16-13-8-11(6-4-2)14-9-15-13/h8-10,12H,3-7H2,1-2H3,(H,14,15,16). The molecule has 2 rings (SSSR count). The van der Waals surface area contributed by atoms with Gasteiger partial charge in [0.05, 0.1) is 0 Å². The Kier molecular flexibility index (Phi) is 3.75. The van der Waals surface area contributed by atoms with E-state index in [4.69, 9.17) is 0 Å². The van der Waals surface area contributed by atoms with Crippen LogP contribution in [0.4, 0.5) is 5.82 Å². The van der Waals surface area contributed by atoms with Crippen LogP contribution in [0.1, 0.15) is 45.2 Å². The van der Waals surface area contributed by atoms with Gasteiger partial charge in [0.2, 0.25) is 0 Å². The van der Waals surface area contributed by atoms with Gasteiger partial charge < -0.3 is 5.32 Å². The van der Waals surface area contributed by atoms with Crippen LogP contribution in [-0.4, -0.2) is 16.0 Å². The average molecular weight is 219 g/mol. The van der Waals surface area contributed by atoms with E-state index in [0.717, 1.165) is 30.3 Å². The van der Waals surface area contributed by atoms with E-state index in [1.807, 2.05) is 0 Å². The Labute approximate surface area is 97.7 Å². The third kappa shape index (κ3) is 2.94. The molecule has 1 aromatic heterocycles. The number of rotatable bonds is 6. The Morgan fingerprint density at radius 2 is 2.19 bits per heavy atom. The number of hydrogen-bond acceptors (Lipinski definition) is 3. The highest BCUT2D eigenvalue weighted by Crippen LogP contribution is 2.36. The Morgan fingerprint density at radius 1 is 1.31 bits per heavy atom. The first-order valence-corrected chi connectivity index (χ1v) is 6.41. The van der Waals surface area contributed by atoms with Gasteiger partial charge in [0.15, 0.2) is 0 Å². The van der Waals surface area contributed by atoms with Crippen molar-refractivity contribution in [2.45, 2.75) is 52.0 Å². The summed E-state index contributed by atoms with van der Waals surface area (Å²) in [6, 6.07) is 2.74. The van der Waals surface area contributed by atoms with Gasteiger partial charge in [0.25, 0.3) is 0 Å².